The Labute approximate surface area is 147 Å². The minimum atomic E-state index is 0. The SMILES string of the molecule is C=CCNC(=NC)NC1CCN(c2ncccc2Cl)C1.I. The smallest absolute Gasteiger partial charge is 0.191 e. The molecule has 0 spiro atoms. The van der Waals surface area contributed by atoms with E-state index in [1.54, 1.807) is 13.2 Å². The van der Waals surface area contributed by atoms with Crippen molar-refractivity contribution in [1.82, 2.24) is 15.6 Å². The lowest BCUT2D eigenvalue weighted by Crippen LogP contribution is -2.44. The topological polar surface area (TPSA) is 52.6 Å². The van der Waals surface area contributed by atoms with Crippen LogP contribution >= 0.6 is 35.6 Å². The van der Waals surface area contributed by atoms with E-state index >= 15 is 0 Å². The molecule has 1 aromatic heterocycles. The number of hydrogen-bond acceptors (Lipinski definition) is 3. The molecule has 2 N–H and O–H groups in total. The Morgan fingerprint density at radius 3 is 3.14 bits per heavy atom. The van der Waals surface area contributed by atoms with Gasteiger partial charge in [0.25, 0.3) is 0 Å². The standard InChI is InChI=1S/C14H20ClN5.HI/c1-3-7-18-14(16-2)19-11-6-9-20(10-11)13-12(15)5-4-8-17-13;/h3-5,8,11H,1,6-7,9-10H2,2H3,(H2,16,18,19);1H. The van der Waals surface area contributed by atoms with E-state index in [0.29, 0.717) is 17.6 Å². The second-order valence-corrected chi connectivity index (χ2v) is 5.03. The van der Waals surface area contributed by atoms with Gasteiger partial charge in [0.15, 0.2) is 5.96 Å². The van der Waals surface area contributed by atoms with Crippen molar-refractivity contribution in [3.63, 3.8) is 0 Å². The molecule has 0 radical (unpaired) electrons. The molecule has 1 aliphatic heterocycles. The summed E-state index contributed by atoms with van der Waals surface area (Å²) in [5, 5.41) is 7.27. The van der Waals surface area contributed by atoms with Crippen LogP contribution in [0.1, 0.15) is 6.42 Å². The van der Waals surface area contributed by atoms with Gasteiger partial charge in [0.2, 0.25) is 0 Å². The number of nitrogens with one attached hydrogen (secondary N) is 2. The second kappa shape index (κ2) is 9.09. The molecule has 116 valence electrons. The minimum absolute atomic E-state index is 0. The molecular weight excluding hydrogens is 401 g/mol. The van der Waals surface area contributed by atoms with Gasteiger partial charge < -0.3 is 15.5 Å². The van der Waals surface area contributed by atoms with Crippen molar-refractivity contribution in [3.8, 4) is 0 Å². The molecule has 0 saturated carbocycles. The molecule has 1 saturated heterocycles. The summed E-state index contributed by atoms with van der Waals surface area (Å²) in [4.78, 5) is 10.7. The Balaban J connectivity index is 0.00000220. The number of anilines is 1. The maximum absolute atomic E-state index is 6.18. The largest absolute Gasteiger partial charge is 0.353 e. The first-order valence-corrected chi connectivity index (χ1v) is 7.06. The highest BCUT2D eigenvalue weighted by Crippen LogP contribution is 2.25. The number of halogens is 2. The summed E-state index contributed by atoms with van der Waals surface area (Å²) in [5.74, 6) is 1.65. The average Bonchev–Trinajstić information content (AvgIpc) is 2.92. The fourth-order valence-corrected chi connectivity index (χ4v) is 2.48. The Kier molecular flexibility index (Phi) is 7.81. The molecule has 0 aromatic carbocycles. The van der Waals surface area contributed by atoms with E-state index in [-0.39, 0.29) is 24.0 Å². The summed E-state index contributed by atoms with van der Waals surface area (Å²) in [5.41, 5.74) is 0. The first-order valence-electron chi connectivity index (χ1n) is 6.68. The fraction of sp³-hybridized carbons (Fsp3) is 0.429. The number of hydrogen-bond donors (Lipinski definition) is 2. The molecule has 7 heteroatoms. The molecule has 2 rings (SSSR count). The summed E-state index contributed by atoms with van der Waals surface area (Å²) in [6.45, 7) is 6.18. The van der Waals surface area contributed by atoms with E-state index in [1.807, 2.05) is 18.2 Å². The van der Waals surface area contributed by atoms with Gasteiger partial charge in [-0.25, -0.2) is 4.98 Å². The predicted octanol–water partition coefficient (Wildman–Crippen LogP) is 2.28. The highest BCUT2D eigenvalue weighted by atomic mass is 127. The van der Waals surface area contributed by atoms with Crippen LogP contribution in [0.15, 0.2) is 36.0 Å². The van der Waals surface area contributed by atoms with Crippen molar-refractivity contribution in [2.24, 2.45) is 4.99 Å². The van der Waals surface area contributed by atoms with Crippen molar-refractivity contribution >= 4 is 47.4 Å². The summed E-state index contributed by atoms with van der Waals surface area (Å²) in [6, 6.07) is 4.05. The average molecular weight is 422 g/mol. The summed E-state index contributed by atoms with van der Waals surface area (Å²) >= 11 is 6.18. The summed E-state index contributed by atoms with van der Waals surface area (Å²) < 4.78 is 0. The minimum Gasteiger partial charge on any atom is -0.353 e. The fourth-order valence-electron chi connectivity index (χ4n) is 2.24. The molecule has 21 heavy (non-hydrogen) atoms. The van der Waals surface area contributed by atoms with Gasteiger partial charge in [-0.15, -0.1) is 30.6 Å². The quantitative estimate of drug-likeness (QED) is 0.339. The molecule has 2 heterocycles. The van der Waals surface area contributed by atoms with Crippen LogP contribution < -0.4 is 15.5 Å². The second-order valence-electron chi connectivity index (χ2n) is 4.63. The number of aliphatic imine (C=N–C) groups is 1. The molecular formula is C14H21ClIN5. The Morgan fingerprint density at radius 1 is 1.67 bits per heavy atom. The number of aromatic nitrogens is 1. The van der Waals surface area contributed by atoms with Gasteiger partial charge in [-0.05, 0) is 18.6 Å². The number of rotatable bonds is 4. The van der Waals surface area contributed by atoms with Crippen LogP contribution in [0.5, 0.6) is 0 Å². The Bertz CT molecular complexity index is 494. The third kappa shape index (κ3) is 5.03. The third-order valence-corrected chi connectivity index (χ3v) is 3.50. The van der Waals surface area contributed by atoms with Crippen LogP contribution in [-0.2, 0) is 0 Å². The molecule has 1 aliphatic rings. The lowest BCUT2D eigenvalue weighted by molar-refractivity contribution is 0.654. The summed E-state index contributed by atoms with van der Waals surface area (Å²) in [7, 11) is 1.76. The number of nitrogens with zero attached hydrogens (tertiary/aromatic N) is 3. The molecule has 0 amide bonds. The first kappa shape index (κ1) is 18.0. The molecule has 1 unspecified atom stereocenters. The Hall–Kier alpha value is -1.02. The van der Waals surface area contributed by atoms with Crippen molar-refractivity contribution in [2.75, 3.05) is 31.6 Å². The molecule has 0 aliphatic carbocycles. The van der Waals surface area contributed by atoms with Crippen LogP contribution in [-0.4, -0.2) is 43.7 Å². The van der Waals surface area contributed by atoms with E-state index in [0.717, 1.165) is 31.3 Å². The van der Waals surface area contributed by atoms with Gasteiger partial charge in [0, 0.05) is 38.9 Å². The van der Waals surface area contributed by atoms with Crippen LogP contribution in [0.2, 0.25) is 5.02 Å². The first-order chi connectivity index (χ1) is 9.74. The van der Waals surface area contributed by atoms with Crippen molar-refractivity contribution in [1.29, 1.82) is 0 Å². The Morgan fingerprint density at radius 2 is 2.48 bits per heavy atom. The molecule has 1 fully saturated rings. The third-order valence-electron chi connectivity index (χ3n) is 3.21. The van der Waals surface area contributed by atoms with E-state index in [9.17, 15) is 0 Å². The van der Waals surface area contributed by atoms with E-state index in [1.165, 1.54) is 0 Å². The number of pyridine rings is 1. The van der Waals surface area contributed by atoms with Gasteiger partial charge >= 0.3 is 0 Å². The van der Waals surface area contributed by atoms with Gasteiger partial charge in [-0.1, -0.05) is 17.7 Å². The highest BCUT2D eigenvalue weighted by Gasteiger charge is 2.25. The lowest BCUT2D eigenvalue weighted by atomic mass is 10.3. The van der Waals surface area contributed by atoms with Gasteiger partial charge in [0.05, 0.1) is 5.02 Å². The normalized spacial score (nSPS) is 18.1. The van der Waals surface area contributed by atoms with Crippen LogP contribution in [0.4, 0.5) is 5.82 Å². The van der Waals surface area contributed by atoms with E-state index in [2.05, 4.69) is 32.1 Å². The molecule has 1 aromatic rings. The van der Waals surface area contributed by atoms with Gasteiger partial charge in [-0.3, -0.25) is 4.99 Å². The monoisotopic (exact) mass is 421 g/mol. The van der Waals surface area contributed by atoms with Crippen LogP contribution in [0.25, 0.3) is 0 Å². The zero-order chi connectivity index (χ0) is 14.4. The maximum atomic E-state index is 6.18. The van der Waals surface area contributed by atoms with E-state index in [4.69, 9.17) is 11.6 Å². The highest BCUT2D eigenvalue weighted by molar-refractivity contribution is 14.0. The number of guanidine groups is 1. The van der Waals surface area contributed by atoms with Crippen LogP contribution in [0, 0.1) is 0 Å². The van der Waals surface area contributed by atoms with Gasteiger partial charge in [0.1, 0.15) is 5.82 Å². The molecule has 1 atom stereocenters. The van der Waals surface area contributed by atoms with E-state index < -0.39 is 0 Å². The predicted molar refractivity (Wildman–Crippen MR) is 100.0 cm³/mol. The van der Waals surface area contributed by atoms with Crippen molar-refractivity contribution < 1.29 is 0 Å². The zero-order valence-electron chi connectivity index (χ0n) is 12.1. The summed E-state index contributed by atoms with van der Waals surface area (Å²) in [6.07, 6.45) is 4.61. The van der Waals surface area contributed by atoms with Crippen molar-refractivity contribution in [2.45, 2.75) is 12.5 Å². The zero-order valence-corrected chi connectivity index (χ0v) is 15.1. The molecule has 0 bridgehead atoms. The van der Waals surface area contributed by atoms with Crippen molar-refractivity contribution in [3.05, 3.63) is 36.0 Å². The molecule has 5 nitrogen and oxygen atoms in total. The maximum Gasteiger partial charge on any atom is 0.191 e. The lowest BCUT2D eigenvalue weighted by Gasteiger charge is -2.20. The van der Waals surface area contributed by atoms with Crippen LogP contribution in [0.3, 0.4) is 0 Å². The van der Waals surface area contributed by atoms with Gasteiger partial charge in [-0.2, -0.15) is 0 Å².